The first-order valence-electron chi connectivity index (χ1n) is 13.4. The van der Waals surface area contributed by atoms with E-state index in [1.54, 1.807) is 13.3 Å². The summed E-state index contributed by atoms with van der Waals surface area (Å²) in [5, 5.41) is 25.6. The molecule has 0 saturated heterocycles. The second-order valence-electron chi connectivity index (χ2n) is 11.8. The normalized spacial score (nSPS) is 12.1. The van der Waals surface area contributed by atoms with Gasteiger partial charge < -0.3 is 9.84 Å². The number of ether oxygens (including phenoxy) is 1. The maximum Gasteiger partial charge on any atom is 0.342 e. The highest BCUT2D eigenvalue weighted by Gasteiger charge is 2.25. The molecule has 8 nitrogen and oxygen atoms in total. The lowest BCUT2D eigenvalue weighted by Crippen LogP contribution is -2.34. The number of amides is 1. The first kappa shape index (κ1) is 29.9. The number of methoxy groups -OCH3 is 1. The zero-order chi connectivity index (χ0) is 29.8. The lowest BCUT2D eigenvalue weighted by molar-refractivity contribution is -0.625. The third-order valence-electron chi connectivity index (χ3n) is 6.51. The number of hydrogen-bond donors (Lipinski definition) is 2. The summed E-state index contributed by atoms with van der Waals surface area (Å²) >= 11 is 1.30. The first-order valence-corrected chi connectivity index (χ1v) is 14.4. The van der Waals surface area contributed by atoms with Crippen molar-refractivity contribution in [2.75, 3.05) is 12.9 Å². The lowest BCUT2D eigenvalue weighted by atomic mass is 9.78. The van der Waals surface area contributed by atoms with Crippen molar-refractivity contribution in [2.24, 2.45) is 5.10 Å². The monoisotopic (exact) mass is 571 g/mol. The minimum absolute atomic E-state index is 0.0577. The Morgan fingerprint density at radius 1 is 1.02 bits per heavy atom. The number of nitrogens with one attached hydrogen (secondary N) is 2. The van der Waals surface area contributed by atoms with Crippen molar-refractivity contribution in [1.82, 2.24) is 15.6 Å². The van der Waals surface area contributed by atoms with E-state index in [1.165, 1.54) is 11.8 Å². The van der Waals surface area contributed by atoms with Gasteiger partial charge in [-0.1, -0.05) is 71.9 Å². The van der Waals surface area contributed by atoms with Crippen LogP contribution in [0.2, 0.25) is 0 Å². The van der Waals surface area contributed by atoms with E-state index in [9.17, 15) is 9.90 Å². The second-order valence-corrected chi connectivity index (χ2v) is 12.7. The Bertz CT molecular complexity index is 1500. The fourth-order valence-corrected chi connectivity index (χ4v) is 5.09. The van der Waals surface area contributed by atoms with Gasteiger partial charge >= 0.3 is 5.16 Å². The van der Waals surface area contributed by atoms with E-state index in [-0.39, 0.29) is 28.2 Å². The molecule has 1 amide bonds. The third-order valence-corrected chi connectivity index (χ3v) is 7.45. The molecular formula is C32H37N5O3S. The topological polar surface area (TPSA) is 106 Å². The molecule has 0 unspecified atom stereocenters. The molecule has 0 bridgehead atoms. The molecule has 0 saturated carbocycles. The van der Waals surface area contributed by atoms with Crippen LogP contribution in [-0.2, 0) is 15.6 Å². The van der Waals surface area contributed by atoms with Crippen LogP contribution in [0.3, 0.4) is 0 Å². The van der Waals surface area contributed by atoms with Gasteiger partial charge in [-0.3, -0.25) is 4.79 Å². The van der Waals surface area contributed by atoms with Gasteiger partial charge in [0.25, 0.3) is 11.7 Å². The van der Waals surface area contributed by atoms with Gasteiger partial charge in [0.1, 0.15) is 11.4 Å². The third kappa shape index (κ3) is 7.16. The van der Waals surface area contributed by atoms with E-state index in [0.717, 1.165) is 39.5 Å². The SMILES string of the molecule is COc1ccc(-c2[nH]nc(SCC(=O)N/N=C/c3cc(C(C)(C)C)c([O-])c(C(C)(C)C)c3)[n+]2-c2ccccc2)cc1. The highest BCUT2D eigenvalue weighted by Crippen LogP contribution is 2.37. The molecule has 0 atom stereocenters. The number of carbonyl (C=O) groups is 1. The standard InChI is InChI=1S/C32H37N5O3S/c1-31(2,3)25-17-21(18-26(28(25)39)32(4,5)6)19-33-34-27(38)20-41-30-36-35-29(22-13-15-24(40-7)16-14-22)37(30)23-11-9-8-10-12-23/h8-19H,20H2,1-7H3,(H2,33,34,38,39). The molecule has 3 aromatic carbocycles. The summed E-state index contributed by atoms with van der Waals surface area (Å²) in [6.45, 7) is 12.1. The van der Waals surface area contributed by atoms with Crippen molar-refractivity contribution >= 4 is 23.9 Å². The molecule has 41 heavy (non-hydrogen) atoms. The highest BCUT2D eigenvalue weighted by atomic mass is 32.2. The van der Waals surface area contributed by atoms with E-state index in [0.29, 0.717) is 5.16 Å². The van der Waals surface area contributed by atoms with Gasteiger partial charge in [-0.2, -0.15) is 9.67 Å². The van der Waals surface area contributed by atoms with Gasteiger partial charge in [-0.25, -0.2) is 5.43 Å². The molecule has 0 fully saturated rings. The summed E-state index contributed by atoms with van der Waals surface area (Å²) in [7, 11) is 1.63. The minimum atomic E-state index is -0.316. The fraction of sp³-hybridized carbons (Fsp3) is 0.312. The zero-order valence-corrected chi connectivity index (χ0v) is 25.4. The van der Waals surface area contributed by atoms with E-state index in [2.05, 4.69) is 20.7 Å². The molecule has 214 valence electrons. The van der Waals surface area contributed by atoms with Crippen LogP contribution in [0.4, 0.5) is 0 Å². The number of H-pyrrole nitrogens is 1. The zero-order valence-electron chi connectivity index (χ0n) is 24.6. The Morgan fingerprint density at radius 3 is 2.20 bits per heavy atom. The van der Waals surface area contributed by atoms with Crippen molar-refractivity contribution in [2.45, 2.75) is 57.5 Å². The van der Waals surface area contributed by atoms with Crippen molar-refractivity contribution in [3.8, 4) is 28.6 Å². The van der Waals surface area contributed by atoms with Gasteiger partial charge in [0.15, 0.2) is 0 Å². The molecule has 0 aliphatic rings. The van der Waals surface area contributed by atoms with E-state index in [1.807, 2.05) is 113 Å². The second kappa shape index (κ2) is 12.2. The Labute approximate surface area is 245 Å². The van der Waals surface area contributed by atoms with Crippen molar-refractivity contribution < 1.29 is 19.2 Å². The van der Waals surface area contributed by atoms with E-state index in [4.69, 9.17) is 4.74 Å². The average molecular weight is 572 g/mol. The van der Waals surface area contributed by atoms with Crippen LogP contribution >= 0.6 is 11.8 Å². The van der Waals surface area contributed by atoms with Crippen LogP contribution < -0.4 is 19.8 Å². The number of hydrazone groups is 1. The molecule has 0 radical (unpaired) electrons. The number of carbonyl (C=O) groups excluding carboxylic acids is 1. The number of aromatic amines is 1. The molecule has 9 heteroatoms. The molecule has 1 heterocycles. The molecular weight excluding hydrogens is 534 g/mol. The number of thioether (sulfide) groups is 1. The number of rotatable bonds is 8. The molecule has 0 aliphatic carbocycles. The number of aromatic nitrogens is 3. The van der Waals surface area contributed by atoms with Crippen LogP contribution in [0.15, 0.2) is 77.0 Å². The predicted octanol–water partition coefficient (Wildman–Crippen LogP) is 5.27. The molecule has 4 rings (SSSR count). The van der Waals surface area contributed by atoms with Crippen LogP contribution in [0, 0.1) is 0 Å². The number of benzene rings is 3. The van der Waals surface area contributed by atoms with Crippen molar-refractivity contribution in [3.63, 3.8) is 0 Å². The predicted molar refractivity (Wildman–Crippen MR) is 162 cm³/mol. The Kier molecular flexibility index (Phi) is 8.87. The van der Waals surface area contributed by atoms with Gasteiger partial charge in [0.2, 0.25) is 0 Å². The smallest absolute Gasteiger partial charge is 0.342 e. The number of hydrogen-bond acceptors (Lipinski definition) is 6. The summed E-state index contributed by atoms with van der Waals surface area (Å²) < 4.78 is 7.27. The largest absolute Gasteiger partial charge is 0.872 e. The summed E-state index contributed by atoms with van der Waals surface area (Å²) in [5.41, 5.74) is 6.05. The van der Waals surface area contributed by atoms with Crippen LogP contribution in [0.25, 0.3) is 17.1 Å². The summed E-state index contributed by atoms with van der Waals surface area (Å²) in [5.74, 6) is 1.44. The first-order chi connectivity index (χ1) is 19.4. The molecule has 0 spiro atoms. The van der Waals surface area contributed by atoms with Crippen LogP contribution in [0.1, 0.15) is 58.2 Å². The van der Waals surface area contributed by atoms with Gasteiger partial charge in [0.05, 0.1) is 29.7 Å². The summed E-state index contributed by atoms with van der Waals surface area (Å²) in [4.78, 5) is 12.8. The van der Waals surface area contributed by atoms with Crippen LogP contribution in [0.5, 0.6) is 11.5 Å². The van der Waals surface area contributed by atoms with Crippen molar-refractivity contribution in [1.29, 1.82) is 0 Å². The Morgan fingerprint density at radius 2 is 1.63 bits per heavy atom. The Balaban J connectivity index is 1.51. The van der Waals surface area contributed by atoms with Crippen molar-refractivity contribution in [3.05, 3.63) is 83.4 Å². The number of nitrogens with zero attached hydrogens (tertiary/aromatic N) is 3. The Hall–Kier alpha value is -4.11. The van der Waals surface area contributed by atoms with Gasteiger partial charge in [-0.05, 0) is 75.7 Å². The van der Waals surface area contributed by atoms with Crippen LogP contribution in [-0.4, -0.2) is 35.2 Å². The maximum atomic E-state index is 13.1. The molecule has 1 aromatic heterocycles. The molecule has 0 aliphatic heterocycles. The number of para-hydroxylation sites is 1. The highest BCUT2D eigenvalue weighted by molar-refractivity contribution is 7.99. The quantitative estimate of drug-likeness (QED) is 0.130. The van der Waals surface area contributed by atoms with E-state index >= 15 is 0 Å². The minimum Gasteiger partial charge on any atom is -0.872 e. The summed E-state index contributed by atoms with van der Waals surface area (Å²) in [6, 6.07) is 21.3. The van der Waals surface area contributed by atoms with Gasteiger partial charge in [0, 0.05) is 0 Å². The van der Waals surface area contributed by atoms with E-state index < -0.39 is 0 Å². The molecule has 2 N–H and O–H groups in total. The summed E-state index contributed by atoms with van der Waals surface area (Å²) in [6.07, 6.45) is 1.59. The van der Waals surface area contributed by atoms with Gasteiger partial charge in [-0.15, -0.1) is 10.8 Å². The lowest BCUT2D eigenvalue weighted by Gasteiger charge is -2.33. The maximum absolute atomic E-state index is 13.1. The average Bonchev–Trinajstić information content (AvgIpc) is 3.36. The molecule has 4 aromatic rings. The fourth-order valence-electron chi connectivity index (χ4n) is 4.33.